The number of para-hydroxylation sites is 1. The normalized spacial score (nSPS) is 10.6. The van der Waals surface area contributed by atoms with Crippen molar-refractivity contribution in [2.45, 2.75) is 33.9 Å². The van der Waals surface area contributed by atoms with Gasteiger partial charge in [0, 0.05) is 6.54 Å². The number of thiocarbonyl (C=S) groups is 1. The molecule has 0 saturated carbocycles. The van der Waals surface area contributed by atoms with E-state index in [4.69, 9.17) is 22.1 Å². The van der Waals surface area contributed by atoms with Crippen LogP contribution in [0.15, 0.2) is 78.9 Å². The van der Waals surface area contributed by atoms with Gasteiger partial charge in [0.15, 0.2) is 5.11 Å². The number of hydrogen-bond acceptors (Lipinski definition) is 3. The van der Waals surface area contributed by atoms with Crippen LogP contribution in [0.4, 0.5) is 5.69 Å². The Morgan fingerprint density at radius 2 is 1.61 bits per heavy atom. The second kappa shape index (κ2) is 10.3. The monoisotopic (exact) mass is 456 g/mol. The molecular formula is C27H28N4OS. The highest BCUT2D eigenvalue weighted by atomic mass is 32.1. The highest BCUT2D eigenvalue weighted by Gasteiger charge is 2.13. The van der Waals surface area contributed by atoms with E-state index < -0.39 is 0 Å². The van der Waals surface area contributed by atoms with Crippen LogP contribution in [0.25, 0.3) is 0 Å². The van der Waals surface area contributed by atoms with Gasteiger partial charge < -0.3 is 15.4 Å². The van der Waals surface area contributed by atoms with Gasteiger partial charge in [0.2, 0.25) is 0 Å². The van der Waals surface area contributed by atoms with Crippen molar-refractivity contribution < 1.29 is 4.74 Å². The summed E-state index contributed by atoms with van der Waals surface area (Å²) < 4.78 is 7.96. The lowest BCUT2D eigenvalue weighted by atomic mass is 10.1. The molecule has 0 unspecified atom stereocenters. The topological polar surface area (TPSA) is 51.1 Å². The highest BCUT2D eigenvalue weighted by molar-refractivity contribution is 7.80. The van der Waals surface area contributed by atoms with Crippen LogP contribution in [0.3, 0.4) is 0 Å². The molecule has 0 saturated heterocycles. The van der Waals surface area contributed by atoms with E-state index in [2.05, 4.69) is 54.8 Å². The lowest BCUT2D eigenvalue weighted by Crippen LogP contribution is -2.28. The van der Waals surface area contributed by atoms with E-state index in [0.29, 0.717) is 18.2 Å². The first-order valence-electron chi connectivity index (χ1n) is 10.9. The predicted molar refractivity (Wildman–Crippen MR) is 138 cm³/mol. The largest absolute Gasteiger partial charge is 0.457 e. The van der Waals surface area contributed by atoms with Gasteiger partial charge in [0.05, 0.1) is 23.6 Å². The fraction of sp³-hybridized carbons (Fsp3) is 0.185. The third kappa shape index (κ3) is 5.99. The van der Waals surface area contributed by atoms with Crippen LogP contribution in [0.2, 0.25) is 0 Å². The summed E-state index contributed by atoms with van der Waals surface area (Å²) in [7, 11) is 0. The molecule has 0 aliphatic carbocycles. The average molecular weight is 457 g/mol. The Hall–Kier alpha value is -3.64. The van der Waals surface area contributed by atoms with Crippen molar-refractivity contribution in [3.05, 3.63) is 107 Å². The first-order valence-corrected chi connectivity index (χ1v) is 11.3. The SMILES string of the molecule is Cc1ccc(CNC(=S)Nc2c(C)nn(Cc3cccc(Oc4ccccc4)c3)c2C)cc1. The van der Waals surface area contributed by atoms with Gasteiger partial charge in [-0.2, -0.15) is 5.10 Å². The fourth-order valence-electron chi connectivity index (χ4n) is 3.58. The zero-order valence-electron chi connectivity index (χ0n) is 19.1. The number of nitrogens with zero attached hydrogens (tertiary/aromatic N) is 2. The average Bonchev–Trinajstić information content (AvgIpc) is 3.07. The Balaban J connectivity index is 1.40. The molecule has 5 nitrogen and oxygen atoms in total. The van der Waals surface area contributed by atoms with Gasteiger partial charge in [-0.1, -0.05) is 60.2 Å². The molecule has 33 heavy (non-hydrogen) atoms. The molecule has 0 spiro atoms. The minimum atomic E-state index is 0.583. The highest BCUT2D eigenvalue weighted by Crippen LogP contribution is 2.24. The zero-order chi connectivity index (χ0) is 23.2. The van der Waals surface area contributed by atoms with Crippen LogP contribution < -0.4 is 15.4 Å². The van der Waals surface area contributed by atoms with E-state index in [1.54, 1.807) is 0 Å². The Labute approximate surface area is 200 Å². The van der Waals surface area contributed by atoms with Crippen molar-refractivity contribution in [2.75, 3.05) is 5.32 Å². The summed E-state index contributed by atoms with van der Waals surface area (Å²) in [6, 6.07) is 26.3. The predicted octanol–water partition coefficient (Wildman–Crippen LogP) is 6.14. The Kier molecular flexibility index (Phi) is 7.05. The van der Waals surface area contributed by atoms with Crippen LogP contribution in [0.1, 0.15) is 28.1 Å². The summed E-state index contributed by atoms with van der Waals surface area (Å²) >= 11 is 5.52. The molecule has 0 amide bonds. The van der Waals surface area contributed by atoms with Gasteiger partial charge in [0.1, 0.15) is 11.5 Å². The van der Waals surface area contributed by atoms with E-state index in [1.807, 2.05) is 60.1 Å². The standard InChI is InChI=1S/C27H28N4OS/c1-19-12-14-22(15-13-19)17-28-27(33)29-26-20(2)30-31(21(26)3)18-23-8-7-11-25(16-23)32-24-9-5-4-6-10-24/h4-16H,17-18H2,1-3H3,(H2,28,29,33). The van der Waals surface area contributed by atoms with E-state index >= 15 is 0 Å². The van der Waals surface area contributed by atoms with Crippen LogP contribution in [0, 0.1) is 20.8 Å². The summed E-state index contributed by atoms with van der Waals surface area (Å²) in [5, 5.41) is 11.9. The third-order valence-corrected chi connectivity index (χ3v) is 5.65. The van der Waals surface area contributed by atoms with Gasteiger partial charge in [-0.25, -0.2) is 0 Å². The molecule has 3 aromatic carbocycles. The number of aromatic nitrogens is 2. The van der Waals surface area contributed by atoms with Crippen LogP contribution >= 0.6 is 12.2 Å². The molecule has 1 heterocycles. The Bertz CT molecular complexity index is 1230. The van der Waals surface area contributed by atoms with Gasteiger partial charge in [-0.05, 0) is 68.4 Å². The molecule has 0 aliphatic heterocycles. The molecule has 0 atom stereocenters. The van der Waals surface area contributed by atoms with Crippen molar-refractivity contribution in [2.24, 2.45) is 0 Å². The number of benzene rings is 3. The molecule has 0 fully saturated rings. The molecule has 6 heteroatoms. The summed E-state index contributed by atoms with van der Waals surface area (Å²) in [6.07, 6.45) is 0. The Morgan fingerprint density at radius 1 is 0.879 bits per heavy atom. The number of hydrogen-bond donors (Lipinski definition) is 2. The summed E-state index contributed by atoms with van der Waals surface area (Å²) in [4.78, 5) is 0. The van der Waals surface area contributed by atoms with E-state index in [-0.39, 0.29) is 0 Å². The number of rotatable bonds is 7. The second-order valence-corrected chi connectivity index (χ2v) is 8.47. The molecule has 0 aliphatic rings. The van der Waals surface area contributed by atoms with Crippen LogP contribution in [0.5, 0.6) is 11.5 Å². The van der Waals surface area contributed by atoms with Gasteiger partial charge in [0.25, 0.3) is 0 Å². The van der Waals surface area contributed by atoms with Gasteiger partial charge in [-0.15, -0.1) is 0 Å². The first kappa shape index (κ1) is 22.6. The smallest absolute Gasteiger partial charge is 0.171 e. The number of aryl methyl sites for hydroxylation is 2. The van der Waals surface area contributed by atoms with E-state index in [0.717, 1.165) is 34.1 Å². The van der Waals surface area contributed by atoms with Crippen molar-refractivity contribution in [3.8, 4) is 11.5 Å². The molecule has 168 valence electrons. The summed E-state index contributed by atoms with van der Waals surface area (Å²) in [5.74, 6) is 1.62. The lowest BCUT2D eigenvalue weighted by Gasteiger charge is -2.12. The fourth-order valence-corrected chi connectivity index (χ4v) is 3.76. The lowest BCUT2D eigenvalue weighted by molar-refractivity contribution is 0.481. The van der Waals surface area contributed by atoms with Crippen molar-refractivity contribution in [1.82, 2.24) is 15.1 Å². The molecule has 1 aromatic heterocycles. The van der Waals surface area contributed by atoms with E-state index in [1.165, 1.54) is 11.1 Å². The molecule has 4 aromatic rings. The molecule has 0 radical (unpaired) electrons. The number of nitrogens with one attached hydrogen (secondary N) is 2. The third-order valence-electron chi connectivity index (χ3n) is 5.40. The minimum Gasteiger partial charge on any atom is -0.457 e. The Morgan fingerprint density at radius 3 is 2.36 bits per heavy atom. The molecule has 2 N–H and O–H groups in total. The maximum atomic E-state index is 5.97. The number of ether oxygens (including phenoxy) is 1. The summed E-state index contributed by atoms with van der Waals surface area (Å²) in [5.41, 5.74) is 6.42. The van der Waals surface area contributed by atoms with Crippen molar-refractivity contribution >= 4 is 23.0 Å². The molecule has 0 bridgehead atoms. The van der Waals surface area contributed by atoms with Crippen molar-refractivity contribution in [3.63, 3.8) is 0 Å². The summed E-state index contributed by atoms with van der Waals surface area (Å²) in [6.45, 7) is 7.44. The van der Waals surface area contributed by atoms with Crippen molar-refractivity contribution in [1.29, 1.82) is 0 Å². The van der Waals surface area contributed by atoms with Crippen LogP contribution in [-0.2, 0) is 13.1 Å². The van der Waals surface area contributed by atoms with Gasteiger partial charge in [-0.3, -0.25) is 4.68 Å². The minimum absolute atomic E-state index is 0.583. The number of anilines is 1. The second-order valence-electron chi connectivity index (χ2n) is 8.06. The zero-order valence-corrected chi connectivity index (χ0v) is 19.9. The molecular weight excluding hydrogens is 428 g/mol. The van der Waals surface area contributed by atoms with Crippen LogP contribution in [-0.4, -0.2) is 14.9 Å². The quantitative estimate of drug-likeness (QED) is 0.327. The van der Waals surface area contributed by atoms with Gasteiger partial charge >= 0.3 is 0 Å². The first-order chi connectivity index (χ1) is 16.0. The maximum Gasteiger partial charge on any atom is 0.171 e. The molecule has 4 rings (SSSR count). The maximum absolute atomic E-state index is 5.97. The van der Waals surface area contributed by atoms with E-state index in [9.17, 15) is 0 Å².